The first-order chi connectivity index (χ1) is 13.2. The fourth-order valence-corrected chi connectivity index (χ4v) is 3.64. The van der Waals surface area contributed by atoms with Gasteiger partial charge >= 0.3 is 5.97 Å². The highest BCUT2D eigenvalue weighted by Crippen LogP contribution is 2.22. The van der Waals surface area contributed by atoms with Crippen molar-refractivity contribution >= 4 is 28.3 Å². The molecule has 0 amide bonds. The molecular formula is C17H25N7O2S. The van der Waals surface area contributed by atoms with Gasteiger partial charge in [-0.2, -0.15) is 0 Å². The van der Waals surface area contributed by atoms with E-state index in [0.717, 1.165) is 38.7 Å². The largest absolute Gasteiger partial charge is 0.468 e. The number of thiophene rings is 1. The Bertz CT molecular complexity index is 751. The van der Waals surface area contributed by atoms with Crippen LogP contribution < -0.4 is 10.2 Å². The molecule has 1 N–H and O–H groups in total. The standard InChI is InChI=1S/C17H25N7O2S/c1-3-18-17(19-11-14-12-24(21-20-14)13-16(25)26-2)23-8-6-22(7-9-23)15-5-4-10-27-15/h4-5,10,12H,3,6-9,11,13H2,1-2H3,(H,18,19). The summed E-state index contributed by atoms with van der Waals surface area (Å²) in [5.74, 6) is 0.526. The summed E-state index contributed by atoms with van der Waals surface area (Å²) < 4.78 is 6.10. The van der Waals surface area contributed by atoms with Crippen LogP contribution in [0.2, 0.25) is 0 Å². The molecule has 146 valence electrons. The SMILES string of the molecule is CCNC(=NCc1cn(CC(=O)OC)nn1)N1CCN(c2cccs2)CC1. The molecular weight excluding hydrogens is 366 g/mol. The molecule has 3 heterocycles. The smallest absolute Gasteiger partial charge is 0.327 e. The van der Waals surface area contributed by atoms with Gasteiger partial charge in [0.05, 0.1) is 24.9 Å². The van der Waals surface area contributed by atoms with Crippen LogP contribution in [-0.4, -0.2) is 71.7 Å². The van der Waals surface area contributed by atoms with Gasteiger partial charge in [-0.1, -0.05) is 5.21 Å². The van der Waals surface area contributed by atoms with Crippen LogP contribution in [0, 0.1) is 0 Å². The third kappa shape index (κ3) is 5.19. The number of carbonyl (C=O) groups excluding carboxylic acids is 1. The summed E-state index contributed by atoms with van der Waals surface area (Å²) >= 11 is 1.78. The van der Waals surface area contributed by atoms with Crippen LogP contribution in [0.25, 0.3) is 0 Å². The molecule has 1 aliphatic heterocycles. The number of aromatic nitrogens is 3. The lowest BCUT2D eigenvalue weighted by molar-refractivity contribution is -0.141. The number of rotatable bonds is 6. The molecule has 0 radical (unpaired) electrons. The monoisotopic (exact) mass is 391 g/mol. The molecule has 1 aliphatic rings. The van der Waals surface area contributed by atoms with Crippen molar-refractivity contribution in [3.8, 4) is 0 Å². The van der Waals surface area contributed by atoms with E-state index in [1.54, 1.807) is 17.5 Å². The maximum Gasteiger partial charge on any atom is 0.327 e. The number of aliphatic imine (C=N–C) groups is 1. The minimum Gasteiger partial charge on any atom is -0.468 e. The summed E-state index contributed by atoms with van der Waals surface area (Å²) in [7, 11) is 1.35. The van der Waals surface area contributed by atoms with E-state index < -0.39 is 0 Å². The number of piperazine rings is 1. The lowest BCUT2D eigenvalue weighted by Gasteiger charge is -2.37. The number of anilines is 1. The van der Waals surface area contributed by atoms with Crippen molar-refractivity contribution in [3.63, 3.8) is 0 Å². The van der Waals surface area contributed by atoms with Gasteiger partial charge in [-0.25, -0.2) is 9.67 Å². The Hall–Kier alpha value is -2.62. The minimum atomic E-state index is -0.355. The van der Waals surface area contributed by atoms with Crippen LogP contribution in [0.1, 0.15) is 12.6 Å². The van der Waals surface area contributed by atoms with E-state index in [1.807, 2.05) is 0 Å². The number of hydrogen-bond acceptors (Lipinski definition) is 7. The van der Waals surface area contributed by atoms with Crippen molar-refractivity contribution in [2.45, 2.75) is 20.0 Å². The number of nitrogens with one attached hydrogen (secondary N) is 1. The second-order valence-electron chi connectivity index (χ2n) is 6.08. The van der Waals surface area contributed by atoms with Crippen LogP contribution in [-0.2, 0) is 22.6 Å². The molecule has 0 aromatic carbocycles. The second kappa shape index (κ2) is 9.36. The van der Waals surface area contributed by atoms with Crippen LogP contribution in [0.5, 0.6) is 0 Å². The van der Waals surface area contributed by atoms with Crippen molar-refractivity contribution in [2.24, 2.45) is 4.99 Å². The number of methoxy groups -OCH3 is 1. The summed E-state index contributed by atoms with van der Waals surface area (Å²) in [5, 5.41) is 14.8. The molecule has 0 unspecified atom stereocenters. The first-order valence-corrected chi connectivity index (χ1v) is 9.85. The molecule has 0 bridgehead atoms. The van der Waals surface area contributed by atoms with E-state index in [1.165, 1.54) is 16.8 Å². The number of hydrogen-bond donors (Lipinski definition) is 1. The quantitative estimate of drug-likeness (QED) is 0.443. The number of esters is 1. The molecule has 1 saturated heterocycles. The zero-order chi connectivity index (χ0) is 19.1. The molecule has 0 spiro atoms. The Balaban J connectivity index is 1.57. The molecule has 2 aromatic heterocycles. The summed E-state index contributed by atoms with van der Waals surface area (Å²) in [6.07, 6.45) is 1.72. The van der Waals surface area contributed by atoms with Gasteiger partial charge in [0, 0.05) is 32.7 Å². The molecule has 2 aromatic rings. The fourth-order valence-electron chi connectivity index (χ4n) is 2.86. The first kappa shape index (κ1) is 19.2. The van der Waals surface area contributed by atoms with E-state index in [2.05, 4.69) is 54.6 Å². The van der Waals surface area contributed by atoms with E-state index in [-0.39, 0.29) is 12.5 Å². The Kier molecular flexibility index (Phi) is 6.64. The highest BCUT2D eigenvalue weighted by Gasteiger charge is 2.20. The van der Waals surface area contributed by atoms with Gasteiger partial charge in [0.1, 0.15) is 12.2 Å². The minimum absolute atomic E-state index is 0.0535. The summed E-state index contributed by atoms with van der Waals surface area (Å²) in [6, 6.07) is 4.25. The molecule has 0 saturated carbocycles. The van der Waals surface area contributed by atoms with Gasteiger partial charge in [-0.05, 0) is 24.4 Å². The highest BCUT2D eigenvalue weighted by atomic mass is 32.1. The van der Waals surface area contributed by atoms with E-state index in [4.69, 9.17) is 4.99 Å². The number of nitrogens with zero attached hydrogens (tertiary/aromatic N) is 6. The van der Waals surface area contributed by atoms with Gasteiger partial charge in [0.25, 0.3) is 0 Å². The molecule has 27 heavy (non-hydrogen) atoms. The molecule has 1 fully saturated rings. The number of ether oxygens (including phenoxy) is 1. The molecule has 3 rings (SSSR count). The van der Waals surface area contributed by atoms with Crippen molar-refractivity contribution < 1.29 is 9.53 Å². The van der Waals surface area contributed by atoms with E-state index in [9.17, 15) is 4.79 Å². The molecule has 9 nitrogen and oxygen atoms in total. The Morgan fingerprint density at radius 3 is 2.85 bits per heavy atom. The van der Waals surface area contributed by atoms with Crippen LogP contribution in [0.3, 0.4) is 0 Å². The van der Waals surface area contributed by atoms with Crippen LogP contribution in [0.4, 0.5) is 5.00 Å². The van der Waals surface area contributed by atoms with Crippen LogP contribution >= 0.6 is 11.3 Å². The zero-order valence-electron chi connectivity index (χ0n) is 15.7. The van der Waals surface area contributed by atoms with Gasteiger partial charge < -0.3 is 19.9 Å². The van der Waals surface area contributed by atoms with Crippen molar-refractivity contribution in [1.82, 2.24) is 25.2 Å². The third-order valence-electron chi connectivity index (χ3n) is 4.23. The summed E-state index contributed by atoms with van der Waals surface area (Å²) in [5.41, 5.74) is 0.714. The summed E-state index contributed by atoms with van der Waals surface area (Å²) in [6.45, 7) is 7.10. The number of guanidine groups is 1. The Labute approximate surface area is 162 Å². The zero-order valence-corrected chi connectivity index (χ0v) is 16.5. The van der Waals surface area contributed by atoms with Gasteiger partial charge in [-0.15, -0.1) is 16.4 Å². The number of carbonyl (C=O) groups is 1. The molecule has 10 heteroatoms. The average molecular weight is 392 g/mol. The highest BCUT2D eigenvalue weighted by molar-refractivity contribution is 7.14. The lowest BCUT2D eigenvalue weighted by atomic mass is 10.3. The lowest BCUT2D eigenvalue weighted by Crippen LogP contribution is -2.52. The van der Waals surface area contributed by atoms with Crippen molar-refractivity contribution in [3.05, 3.63) is 29.4 Å². The normalized spacial score (nSPS) is 15.1. The average Bonchev–Trinajstić information content (AvgIpc) is 3.37. The predicted octanol–water partition coefficient (Wildman–Crippen LogP) is 0.800. The van der Waals surface area contributed by atoms with Gasteiger partial charge in [-0.3, -0.25) is 4.79 Å². The summed E-state index contributed by atoms with van der Waals surface area (Å²) in [4.78, 5) is 20.7. The maximum atomic E-state index is 11.3. The Morgan fingerprint density at radius 2 is 2.19 bits per heavy atom. The second-order valence-corrected chi connectivity index (χ2v) is 7.01. The van der Waals surface area contributed by atoms with E-state index >= 15 is 0 Å². The maximum absolute atomic E-state index is 11.3. The topological polar surface area (TPSA) is 87.9 Å². The third-order valence-corrected chi connectivity index (χ3v) is 5.16. The van der Waals surface area contributed by atoms with E-state index in [0.29, 0.717) is 12.2 Å². The van der Waals surface area contributed by atoms with Crippen molar-refractivity contribution in [2.75, 3.05) is 44.7 Å². The molecule has 0 aliphatic carbocycles. The van der Waals surface area contributed by atoms with Gasteiger partial charge in [0.15, 0.2) is 5.96 Å². The first-order valence-electron chi connectivity index (χ1n) is 8.97. The van der Waals surface area contributed by atoms with Crippen LogP contribution in [0.15, 0.2) is 28.7 Å². The molecule has 0 atom stereocenters. The Morgan fingerprint density at radius 1 is 1.37 bits per heavy atom. The van der Waals surface area contributed by atoms with Crippen molar-refractivity contribution in [1.29, 1.82) is 0 Å². The fraction of sp³-hybridized carbons (Fsp3) is 0.529. The van der Waals surface area contributed by atoms with Gasteiger partial charge in [0.2, 0.25) is 0 Å². The predicted molar refractivity (Wildman–Crippen MR) is 105 cm³/mol.